The van der Waals surface area contributed by atoms with Gasteiger partial charge in [0.05, 0.1) is 5.71 Å². The Hall–Kier alpha value is -0.580. The van der Waals surface area contributed by atoms with E-state index >= 15 is 0 Å². The van der Waals surface area contributed by atoms with Crippen LogP contribution in [-0.2, 0) is 6.42 Å². The Morgan fingerprint density at radius 3 is 2.92 bits per heavy atom. The van der Waals surface area contributed by atoms with E-state index in [-0.39, 0.29) is 0 Å². The van der Waals surface area contributed by atoms with E-state index < -0.39 is 0 Å². The predicted molar refractivity (Wildman–Crippen MR) is 55.8 cm³/mol. The molecule has 0 saturated carbocycles. The molecule has 3 heteroatoms. The summed E-state index contributed by atoms with van der Waals surface area (Å²) < 4.78 is 1.24. The molecule has 1 aliphatic carbocycles. The van der Waals surface area contributed by atoms with Gasteiger partial charge < -0.3 is 5.21 Å². The van der Waals surface area contributed by atoms with Gasteiger partial charge in [0.2, 0.25) is 0 Å². The van der Waals surface area contributed by atoms with E-state index in [0.29, 0.717) is 0 Å². The summed E-state index contributed by atoms with van der Waals surface area (Å²) in [4.78, 5) is 0. The van der Waals surface area contributed by atoms with Gasteiger partial charge in [0.1, 0.15) is 0 Å². The maximum atomic E-state index is 8.67. The molecular weight excluding hydrogens is 265 g/mol. The Morgan fingerprint density at radius 2 is 2.17 bits per heavy atom. The third-order valence-electron chi connectivity index (χ3n) is 2.13. The summed E-state index contributed by atoms with van der Waals surface area (Å²) in [6, 6.07) is 6.21. The van der Waals surface area contributed by atoms with Gasteiger partial charge in [-0.3, -0.25) is 0 Å². The standard InChI is InChI=1S/C9H8INO/c10-7-2-3-8-6(5-7)1-4-9(8)11-12/h2-3,5,12H,1,4H2. The fourth-order valence-corrected chi connectivity index (χ4v) is 2.10. The van der Waals surface area contributed by atoms with Gasteiger partial charge >= 0.3 is 0 Å². The number of aryl methyl sites for hydroxylation is 1. The number of fused-ring (bicyclic) bond motifs is 1. The number of oxime groups is 1. The van der Waals surface area contributed by atoms with E-state index in [9.17, 15) is 0 Å². The minimum Gasteiger partial charge on any atom is -0.411 e. The lowest BCUT2D eigenvalue weighted by atomic mass is 10.1. The zero-order chi connectivity index (χ0) is 8.55. The quantitative estimate of drug-likeness (QED) is 0.439. The van der Waals surface area contributed by atoms with Gasteiger partial charge in [-0.15, -0.1) is 0 Å². The molecule has 1 aromatic rings. The van der Waals surface area contributed by atoms with Crippen molar-refractivity contribution in [2.45, 2.75) is 12.8 Å². The van der Waals surface area contributed by atoms with Gasteiger partial charge in [0.15, 0.2) is 0 Å². The number of nitrogens with zero attached hydrogens (tertiary/aromatic N) is 1. The molecule has 0 unspecified atom stereocenters. The molecule has 1 aromatic carbocycles. The van der Waals surface area contributed by atoms with Crippen molar-refractivity contribution >= 4 is 28.3 Å². The lowest BCUT2D eigenvalue weighted by Crippen LogP contribution is -1.93. The van der Waals surface area contributed by atoms with Crippen LogP contribution >= 0.6 is 22.6 Å². The van der Waals surface area contributed by atoms with Crippen molar-refractivity contribution in [1.82, 2.24) is 0 Å². The second kappa shape index (κ2) is 3.05. The molecule has 0 fully saturated rings. The Kier molecular flexibility index (Phi) is 2.04. The summed E-state index contributed by atoms with van der Waals surface area (Å²) in [6.07, 6.45) is 1.87. The molecular formula is C9H8INO. The lowest BCUT2D eigenvalue weighted by Gasteiger charge is -1.98. The van der Waals surface area contributed by atoms with Crippen LogP contribution in [0.3, 0.4) is 0 Å². The summed E-state index contributed by atoms with van der Waals surface area (Å²) in [5, 5.41) is 11.9. The zero-order valence-corrected chi connectivity index (χ0v) is 8.58. The highest BCUT2D eigenvalue weighted by atomic mass is 127. The van der Waals surface area contributed by atoms with Gasteiger partial charge in [-0.05, 0) is 53.1 Å². The molecule has 12 heavy (non-hydrogen) atoms. The molecule has 0 amide bonds. The first-order valence-electron chi connectivity index (χ1n) is 3.81. The maximum absolute atomic E-state index is 8.67. The molecule has 1 aliphatic rings. The van der Waals surface area contributed by atoms with Crippen LogP contribution in [0.5, 0.6) is 0 Å². The topological polar surface area (TPSA) is 32.6 Å². The van der Waals surface area contributed by atoms with Crippen LogP contribution < -0.4 is 0 Å². The molecule has 0 atom stereocenters. The average molecular weight is 273 g/mol. The van der Waals surface area contributed by atoms with Crippen molar-refractivity contribution in [1.29, 1.82) is 0 Å². The highest BCUT2D eigenvalue weighted by Gasteiger charge is 2.17. The first-order valence-corrected chi connectivity index (χ1v) is 4.89. The second-order valence-corrected chi connectivity index (χ2v) is 4.09. The SMILES string of the molecule is ON=C1CCc2cc(I)ccc21. The van der Waals surface area contributed by atoms with Crippen molar-refractivity contribution in [3.05, 3.63) is 32.9 Å². The van der Waals surface area contributed by atoms with E-state index in [1.54, 1.807) is 0 Å². The molecule has 1 N–H and O–H groups in total. The third-order valence-corrected chi connectivity index (χ3v) is 2.80. The van der Waals surface area contributed by atoms with Gasteiger partial charge in [-0.1, -0.05) is 11.2 Å². The Morgan fingerprint density at radius 1 is 1.33 bits per heavy atom. The Balaban J connectivity index is 2.55. The first kappa shape index (κ1) is 8.04. The molecule has 0 heterocycles. The van der Waals surface area contributed by atoms with Gasteiger partial charge in [-0.25, -0.2) is 0 Å². The lowest BCUT2D eigenvalue weighted by molar-refractivity contribution is 0.318. The smallest absolute Gasteiger partial charge is 0.0873 e. The first-order chi connectivity index (χ1) is 5.81. The Labute approximate surface area is 84.4 Å². The molecule has 0 saturated heterocycles. The predicted octanol–water partition coefficient (Wildman–Crippen LogP) is 2.42. The van der Waals surface area contributed by atoms with Crippen LogP contribution in [-0.4, -0.2) is 10.9 Å². The van der Waals surface area contributed by atoms with Crippen LogP contribution in [0.15, 0.2) is 23.4 Å². The van der Waals surface area contributed by atoms with Crippen LogP contribution in [0.2, 0.25) is 0 Å². The van der Waals surface area contributed by atoms with Gasteiger partial charge in [-0.2, -0.15) is 0 Å². The van der Waals surface area contributed by atoms with Crippen molar-refractivity contribution in [3.63, 3.8) is 0 Å². The summed E-state index contributed by atoms with van der Waals surface area (Å²) in [5.74, 6) is 0. The summed E-state index contributed by atoms with van der Waals surface area (Å²) in [7, 11) is 0. The van der Waals surface area contributed by atoms with E-state index in [4.69, 9.17) is 5.21 Å². The zero-order valence-electron chi connectivity index (χ0n) is 6.42. The van der Waals surface area contributed by atoms with Crippen LogP contribution in [0, 0.1) is 3.57 Å². The monoisotopic (exact) mass is 273 g/mol. The number of hydrogen-bond donors (Lipinski definition) is 1. The number of rotatable bonds is 0. The molecule has 2 rings (SSSR count). The van der Waals surface area contributed by atoms with E-state index in [1.807, 2.05) is 12.1 Å². The van der Waals surface area contributed by atoms with Crippen LogP contribution in [0.25, 0.3) is 0 Å². The van der Waals surface area contributed by atoms with Crippen LogP contribution in [0.1, 0.15) is 17.5 Å². The van der Waals surface area contributed by atoms with Crippen molar-refractivity contribution in [2.75, 3.05) is 0 Å². The number of halogens is 1. The van der Waals surface area contributed by atoms with Crippen molar-refractivity contribution in [2.24, 2.45) is 5.16 Å². The summed E-state index contributed by atoms with van der Waals surface area (Å²) in [5.41, 5.74) is 3.23. The average Bonchev–Trinajstić information content (AvgIpc) is 2.46. The van der Waals surface area contributed by atoms with E-state index in [0.717, 1.165) is 24.1 Å². The maximum Gasteiger partial charge on any atom is 0.0873 e. The van der Waals surface area contributed by atoms with E-state index in [1.165, 1.54) is 9.13 Å². The number of hydrogen-bond acceptors (Lipinski definition) is 2. The van der Waals surface area contributed by atoms with Crippen LogP contribution in [0.4, 0.5) is 0 Å². The Bertz CT molecular complexity index is 346. The normalized spacial score (nSPS) is 18.2. The molecule has 0 aromatic heterocycles. The van der Waals surface area contributed by atoms with E-state index in [2.05, 4.69) is 33.8 Å². The molecule has 62 valence electrons. The highest BCUT2D eigenvalue weighted by molar-refractivity contribution is 14.1. The minimum atomic E-state index is 0.821. The second-order valence-electron chi connectivity index (χ2n) is 2.85. The number of benzene rings is 1. The van der Waals surface area contributed by atoms with Crippen molar-refractivity contribution in [3.8, 4) is 0 Å². The third kappa shape index (κ3) is 1.22. The largest absolute Gasteiger partial charge is 0.411 e. The highest BCUT2D eigenvalue weighted by Crippen LogP contribution is 2.24. The molecule has 0 aliphatic heterocycles. The minimum absolute atomic E-state index is 0.821. The molecule has 0 bridgehead atoms. The summed E-state index contributed by atoms with van der Waals surface area (Å²) >= 11 is 2.29. The molecule has 0 spiro atoms. The fourth-order valence-electron chi connectivity index (χ4n) is 1.54. The van der Waals surface area contributed by atoms with Gasteiger partial charge in [0, 0.05) is 9.13 Å². The van der Waals surface area contributed by atoms with Crippen molar-refractivity contribution < 1.29 is 5.21 Å². The summed E-state index contributed by atoms with van der Waals surface area (Å²) in [6.45, 7) is 0. The molecule has 2 nitrogen and oxygen atoms in total. The van der Waals surface area contributed by atoms with Gasteiger partial charge in [0.25, 0.3) is 0 Å². The fraction of sp³-hybridized carbons (Fsp3) is 0.222. The molecule has 0 radical (unpaired) electrons.